The number of aromatic nitrogens is 2. The van der Waals surface area contributed by atoms with Gasteiger partial charge in [-0.1, -0.05) is 11.6 Å². The van der Waals surface area contributed by atoms with E-state index in [4.69, 9.17) is 16.3 Å². The van der Waals surface area contributed by atoms with Crippen molar-refractivity contribution in [2.45, 2.75) is 45.1 Å². The van der Waals surface area contributed by atoms with E-state index in [1.165, 1.54) is 23.3 Å². The van der Waals surface area contributed by atoms with Crippen molar-refractivity contribution in [2.75, 3.05) is 7.11 Å². The van der Waals surface area contributed by atoms with Crippen LogP contribution in [0.4, 0.5) is 0 Å². The summed E-state index contributed by atoms with van der Waals surface area (Å²) < 4.78 is 5.27. The Morgan fingerprint density at radius 3 is 2.89 bits per heavy atom. The summed E-state index contributed by atoms with van der Waals surface area (Å²) in [6, 6.07) is 0. The smallest absolute Gasteiger partial charge is 0.141 e. The number of ether oxygens (including phenoxy) is 1. The minimum atomic E-state index is 0.114. The van der Waals surface area contributed by atoms with Crippen molar-refractivity contribution in [3.8, 4) is 0 Å². The summed E-state index contributed by atoms with van der Waals surface area (Å²) in [5.41, 5.74) is 1.39. The summed E-state index contributed by atoms with van der Waals surface area (Å²) in [6.07, 6.45) is 5.62. The van der Waals surface area contributed by atoms with Crippen molar-refractivity contribution in [3.05, 3.63) is 21.4 Å². The Morgan fingerprint density at radius 2 is 2.11 bits per heavy atom. The van der Waals surface area contributed by atoms with Gasteiger partial charge in [-0.2, -0.15) is 0 Å². The highest BCUT2D eigenvalue weighted by Gasteiger charge is 2.20. The molecule has 1 aliphatic carbocycles. The first kappa shape index (κ1) is 13.3. The fourth-order valence-electron chi connectivity index (χ4n) is 2.59. The van der Waals surface area contributed by atoms with Gasteiger partial charge < -0.3 is 4.74 Å². The first-order valence-corrected chi connectivity index (χ1v) is 7.88. The zero-order chi connectivity index (χ0) is 13.4. The number of halogens is 1. The van der Waals surface area contributed by atoms with Crippen molar-refractivity contribution in [1.29, 1.82) is 0 Å². The largest absolute Gasteiger partial charge is 0.381 e. The maximum Gasteiger partial charge on any atom is 0.141 e. The molecule has 3 nitrogen and oxygen atoms in total. The summed E-state index contributed by atoms with van der Waals surface area (Å²) >= 11 is 8.17. The molecule has 2 heterocycles. The lowest BCUT2D eigenvalue weighted by Gasteiger charge is -2.11. The molecule has 102 valence electrons. The number of fused-ring (bicyclic) bond motifs is 3. The standard InChI is InChI=1S/C14H17ClN2OS/c1-8(18-2)7-11-16-13(15)12-9-5-3-4-6-10(9)19-14(12)17-11/h8H,3-7H2,1-2H3. The summed E-state index contributed by atoms with van der Waals surface area (Å²) in [6.45, 7) is 2.01. The van der Waals surface area contributed by atoms with Crippen LogP contribution in [-0.4, -0.2) is 23.2 Å². The van der Waals surface area contributed by atoms with Crippen LogP contribution in [0.25, 0.3) is 10.2 Å². The molecule has 0 radical (unpaired) electrons. The molecule has 1 atom stereocenters. The van der Waals surface area contributed by atoms with Gasteiger partial charge in [0.05, 0.1) is 11.5 Å². The molecule has 0 fully saturated rings. The predicted molar refractivity (Wildman–Crippen MR) is 79.2 cm³/mol. The number of hydrogen-bond donors (Lipinski definition) is 0. The number of nitrogens with zero attached hydrogens (tertiary/aromatic N) is 2. The fourth-order valence-corrected chi connectivity index (χ4v) is 4.22. The average Bonchev–Trinajstić information content (AvgIpc) is 2.76. The van der Waals surface area contributed by atoms with Crippen molar-refractivity contribution in [3.63, 3.8) is 0 Å². The normalized spacial score (nSPS) is 16.6. The minimum absolute atomic E-state index is 0.114. The van der Waals surface area contributed by atoms with Gasteiger partial charge >= 0.3 is 0 Å². The van der Waals surface area contributed by atoms with Gasteiger partial charge in [-0.3, -0.25) is 0 Å². The summed E-state index contributed by atoms with van der Waals surface area (Å²) in [5, 5.41) is 1.71. The van der Waals surface area contributed by atoms with Gasteiger partial charge in [-0.15, -0.1) is 11.3 Å². The molecule has 2 aromatic heterocycles. The predicted octanol–water partition coefficient (Wildman–Crippen LogP) is 3.80. The van der Waals surface area contributed by atoms with E-state index in [1.54, 1.807) is 18.4 Å². The quantitative estimate of drug-likeness (QED) is 0.808. The number of hydrogen-bond acceptors (Lipinski definition) is 4. The molecule has 19 heavy (non-hydrogen) atoms. The second kappa shape index (κ2) is 5.35. The van der Waals surface area contributed by atoms with E-state index in [0.717, 1.165) is 28.9 Å². The van der Waals surface area contributed by atoms with E-state index < -0.39 is 0 Å². The summed E-state index contributed by atoms with van der Waals surface area (Å²) in [4.78, 5) is 11.6. The summed E-state index contributed by atoms with van der Waals surface area (Å²) in [7, 11) is 1.70. The molecule has 2 aromatic rings. The Labute approximate surface area is 122 Å². The molecule has 0 bridgehead atoms. The molecule has 0 N–H and O–H groups in total. The van der Waals surface area contributed by atoms with Crippen LogP contribution >= 0.6 is 22.9 Å². The molecule has 0 aromatic carbocycles. The van der Waals surface area contributed by atoms with Gasteiger partial charge in [0.15, 0.2) is 0 Å². The Morgan fingerprint density at radius 1 is 1.32 bits per heavy atom. The van der Waals surface area contributed by atoms with Crippen LogP contribution in [0.5, 0.6) is 0 Å². The van der Waals surface area contributed by atoms with E-state index in [1.807, 2.05) is 6.92 Å². The number of thiophene rings is 1. The molecular weight excluding hydrogens is 280 g/mol. The molecule has 1 aliphatic rings. The Bertz CT molecular complexity index is 611. The first-order valence-electron chi connectivity index (χ1n) is 6.68. The maximum atomic E-state index is 6.38. The Balaban J connectivity index is 2.06. The van der Waals surface area contributed by atoms with E-state index in [2.05, 4.69) is 9.97 Å². The monoisotopic (exact) mass is 296 g/mol. The number of rotatable bonds is 3. The lowest BCUT2D eigenvalue weighted by Crippen LogP contribution is -2.11. The van der Waals surface area contributed by atoms with Crippen molar-refractivity contribution < 1.29 is 4.74 Å². The van der Waals surface area contributed by atoms with E-state index >= 15 is 0 Å². The van der Waals surface area contributed by atoms with Crippen LogP contribution in [0.15, 0.2) is 0 Å². The molecular formula is C14H17ClN2OS. The van der Waals surface area contributed by atoms with Gasteiger partial charge in [0.1, 0.15) is 15.8 Å². The third-order valence-corrected chi connectivity index (χ3v) is 5.15. The van der Waals surface area contributed by atoms with Gasteiger partial charge in [0.25, 0.3) is 0 Å². The zero-order valence-electron chi connectivity index (χ0n) is 11.2. The van der Waals surface area contributed by atoms with Crippen LogP contribution in [-0.2, 0) is 24.0 Å². The van der Waals surface area contributed by atoms with Crippen LogP contribution < -0.4 is 0 Å². The lowest BCUT2D eigenvalue weighted by molar-refractivity contribution is 0.117. The first-order chi connectivity index (χ1) is 9.19. The van der Waals surface area contributed by atoms with Gasteiger partial charge in [-0.25, -0.2) is 9.97 Å². The lowest BCUT2D eigenvalue weighted by atomic mass is 9.97. The van der Waals surface area contributed by atoms with Crippen molar-refractivity contribution >= 4 is 33.2 Å². The fraction of sp³-hybridized carbons (Fsp3) is 0.571. The molecule has 0 amide bonds. The van der Waals surface area contributed by atoms with Gasteiger partial charge in [0.2, 0.25) is 0 Å². The van der Waals surface area contributed by atoms with Crippen LogP contribution in [0, 0.1) is 0 Å². The third kappa shape index (κ3) is 2.49. The molecule has 0 saturated heterocycles. The van der Waals surface area contributed by atoms with Crippen molar-refractivity contribution in [2.24, 2.45) is 0 Å². The number of aryl methyl sites for hydroxylation is 2. The van der Waals surface area contributed by atoms with Crippen LogP contribution in [0.3, 0.4) is 0 Å². The highest BCUT2D eigenvalue weighted by molar-refractivity contribution is 7.19. The molecule has 3 rings (SSSR count). The van der Waals surface area contributed by atoms with E-state index in [0.29, 0.717) is 11.6 Å². The molecule has 5 heteroatoms. The number of methoxy groups -OCH3 is 1. The Hall–Kier alpha value is -0.710. The van der Waals surface area contributed by atoms with Gasteiger partial charge in [0, 0.05) is 18.4 Å². The topological polar surface area (TPSA) is 35.0 Å². The maximum absolute atomic E-state index is 6.38. The highest BCUT2D eigenvalue weighted by Crippen LogP contribution is 2.38. The van der Waals surface area contributed by atoms with E-state index in [-0.39, 0.29) is 6.10 Å². The molecule has 0 spiro atoms. The van der Waals surface area contributed by atoms with Crippen LogP contribution in [0.2, 0.25) is 5.15 Å². The molecule has 0 aliphatic heterocycles. The Kier molecular flexibility index (Phi) is 3.74. The van der Waals surface area contributed by atoms with Crippen molar-refractivity contribution in [1.82, 2.24) is 9.97 Å². The third-order valence-electron chi connectivity index (χ3n) is 3.69. The summed E-state index contributed by atoms with van der Waals surface area (Å²) in [5.74, 6) is 0.783. The average molecular weight is 297 g/mol. The second-order valence-corrected chi connectivity index (χ2v) is 6.51. The van der Waals surface area contributed by atoms with Gasteiger partial charge in [-0.05, 0) is 38.2 Å². The molecule has 1 unspecified atom stereocenters. The second-order valence-electron chi connectivity index (χ2n) is 5.07. The highest BCUT2D eigenvalue weighted by atomic mass is 35.5. The van der Waals surface area contributed by atoms with Crippen LogP contribution in [0.1, 0.15) is 36.0 Å². The molecule has 0 saturated carbocycles. The SMILES string of the molecule is COC(C)Cc1nc(Cl)c2c3c(sc2n1)CCCC3. The minimum Gasteiger partial charge on any atom is -0.381 e. The van der Waals surface area contributed by atoms with E-state index in [9.17, 15) is 0 Å². The zero-order valence-corrected chi connectivity index (χ0v) is 12.8.